The molecule has 4 nitrogen and oxygen atoms in total. The Balaban J connectivity index is 1.90. The molecule has 0 bridgehead atoms. The van der Waals surface area contributed by atoms with Gasteiger partial charge in [0.15, 0.2) is 5.82 Å². The highest BCUT2D eigenvalue weighted by Crippen LogP contribution is 2.29. The van der Waals surface area contributed by atoms with Gasteiger partial charge in [-0.25, -0.2) is 4.98 Å². The van der Waals surface area contributed by atoms with Crippen molar-refractivity contribution in [2.45, 2.75) is 39.5 Å². The Morgan fingerprint density at radius 1 is 1.08 bits per heavy atom. The largest absolute Gasteiger partial charge is 0.544 e. The van der Waals surface area contributed by atoms with E-state index < -0.39 is 8.32 Å². The average Bonchev–Trinajstić information content (AvgIpc) is 2.98. The van der Waals surface area contributed by atoms with E-state index in [1.807, 2.05) is 49.4 Å². The van der Waals surface area contributed by atoms with Gasteiger partial charge in [0.1, 0.15) is 5.75 Å². The molecule has 0 fully saturated rings. The molecule has 2 aromatic carbocycles. The van der Waals surface area contributed by atoms with Crippen LogP contribution in [0.2, 0.25) is 19.6 Å². The van der Waals surface area contributed by atoms with Gasteiger partial charge in [0.2, 0.25) is 8.32 Å². The van der Waals surface area contributed by atoms with E-state index in [9.17, 15) is 0 Å². The Hall–Kier alpha value is -2.40. The number of hydrogen-bond acceptors (Lipinski definition) is 3. The zero-order valence-electron chi connectivity index (χ0n) is 15.5. The lowest BCUT2D eigenvalue weighted by Crippen LogP contribution is -2.29. The number of para-hydroxylation sites is 3. The molecule has 1 unspecified atom stereocenters. The second-order valence-electron chi connectivity index (χ2n) is 7.25. The van der Waals surface area contributed by atoms with Gasteiger partial charge in [0, 0.05) is 5.56 Å². The lowest BCUT2D eigenvalue weighted by Gasteiger charge is -2.23. The molecule has 1 heterocycles. The predicted molar refractivity (Wildman–Crippen MR) is 107 cm³/mol. The molecule has 1 N–H and O–H groups in total. The van der Waals surface area contributed by atoms with Crippen molar-refractivity contribution in [3.05, 3.63) is 59.9 Å². The monoisotopic (exact) mass is 351 g/mol. The number of rotatable bonds is 5. The Bertz CT molecular complexity index is 875. The number of benzene rings is 2. The summed E-state index contributed by atoms with van der Waals surface area (Å²) in [5.41, 5.74) is 4.00. The number of H-pyrrole nitrogens is 1. The van der Waals surface area contributed by atoms with Crippen molar-refractivity contribution in [2.24, 2.45) is 4.99 Å². The van der Waals surface area contributed by atoms with Gasteiger partial charge in [0.05, 0.1) is 22.8 Å². The summed E-state index contributed by atoms with van der Waals surface area (Å²) in [6.45, 7) is 10.7. The molecular formula is C20H25N3OSi. The third-order valence-corrected chi connectivity index (χ3v) is 4.74. The van der Waals surface area contributed by atoms with E-state index in [0.29, 0.717) is 0 Å². The summed E-state index contributed by atoms with van der Waals surface area (Å²) in [7, 11) is -1.67. The van der Waals surface area contributed by atoms with Crippen LogP contribution in [0.3, 0.4) is 0 Å². The zero-order chi connectivity index (χ0) is 18.0. The number of aromatic amines is 1. The van der Waals surface area contributed by atoms with Crippen molar-refractivity contribution in [1.29, 1.82) is 0 Å². The first-order valence-electron chi connectivity index (χ1n) is 8.61. The molecule has 3 aromatic rings. The number of nitrogens with zero attached hydrogens (tertiary/aromatic N) is 2. The summed E-state index contributed by atoms with van der Waals surface area (Å²) < 4.78 is 6.24. The normalized spacial score (nSPS) is 13.9. The molecule has 0 saturated heterocycles. The van der Waals surface area contributed by atoms with Crippen LogP contribution in [0.4, 0.5) is 0 Å². The summed E-state index contributed by atoms with van der Waals surface area (Å²) in [6, 6.07) is 16.2. The first-order chi connectivity index (χ1) is 11.8. The molecule has 0 spiro atoms. The molecule has 0 amide bonds. The minimum Gasteiger partial charge on any atom is -0.544 e. The average molecular weight is 352 g/mol. The Morgan fingerprint density at radius 2 is 1.76 bits per heavy atom. The smallest absolute Gasteiger partial charge is 0.242 e. The molecule has 0 aliphatic carbocycles. The second-order valence-corrected chi connectivity index (χ2v) is 11.7. The fourth-order valence-electron chi connectivity index (χ4n) is 2.79. The SMILES string of the molecule is CC(=NC(C)c1ccccc1O[Si](C)(C)C)c1nc2ccccc2[nH]1. The molecule has 1 aromatic heterocycles. The van der Waals surface area contributed by atoms with Crippen LogP contribution < -0.4 is 4.43 Å². The van der Waals surface area contributed by atoms with E-state index in [1.54, 1.807) is 0 Å². The quantitative estimate of drug-likeness (QED) is 0.498. The van der Waals surface area contributed by atoms with Gasteiger partial charge >= 0.3 is 0 Å². The number of aliphatic imine (C=N–C) groups is 1. The van der Waals surface area contributed by atoms with Crippen LogP contribution in [-0.4, -0.2) is 24.0 Å². The van der Waals surface area contributed by atoms with E-state index in [4.69, 9.17) is 9.42 Å². The van der Waals surface area contributed by atoms with Crippen molar-refractivity contribution in [2.75, 3.05) is 0 Å². The highest BCUT2D eigenvalue weighted by Gasteiger charge is 2.20. The lowest BCUT2D eigenvalue weighted by atomic mass is 10.1. The second kappa shape index (κ2) is 6.84. The van der Waals surface area contributed by atoms with Gasteiger partial charge in [-0.1, -0.05) is 30.3 Å². The van der Waals surface area contributed by atoms with Crippen LogP contribution in [0, 0.1) is 0 Å². The van der Waals surface area contributed by atoms with Crippen LogP contribution in [0.15, 0.2) is 53.5 Å². The maximum Gasteiger partial charge on any atom is 0.242 e. The van der Waals surface area contributed by atoms with Crippen LogP contribution >= 0.6 is 0 Å². The number of imidazole rings is 1. The van der Waals surface area contributed by atoms with Gasteiger partial charge < -0.3 is 9.41 Å². The highest BCUT2D eigenvalue weighted by atomic mass is 28.4. The fraction of sp³-hybridized carbons (Fsp3) is 0.300. The molecule has 0 saturated carbocycles. The Kier molecular flexibility index (Phi) is 4.77. The van der Waals surface area contributed by atoms with Crippen molar-refractivity contribution in [3.8, 4) is 5.75 Å². The summed E-state index contributed by atoms with van der Waals surface area (Å²) in [6.07, 6.45) is 0. The number of hydrogen-bond donors (Lipinski definition) is 1. The van der Waals surface area contributed by atoms with Gasteiger partial charge in [-0.05, 0) is 51.7 Å². The molecule has 0 aliphatic heterocycles. The van der Waals surface area contributed by atoms with Gasteiger partial charge in [-0.15, -0.1) is 0 Å². The zero-order valence-corrected chi connectivity index (χ0v) is 16.5. The Morgan fingerprint density at radius 3 is 2.48 bits per heavy atom. The summed E-state index contributed by atoms with van der Waals surface area (Å²) in [5.74, 6) is 1.76. The van der Waals surface area contributed by atoms with Gasteiger partial charge in [0.25, 0.3) is 0 Å². The third-order valence-electron chi connectivity index (χ3n) is 3.90. The lowest BCUT2D eigenvalue weighted by molar-refractivity contribution is 0.542. The van der Waals surface area contributed by atoms with Crippen LogP contribution in [0.1, 0.15) is 31.3 Å². The van der Waals surface area contributed by atoms with Crippen LogP contribution in [0.25, 0.3) is 11.0 Å². The molecule has 5 heteroatoms. The van der Waals surface area contributed by atoms with E-state index in [-0.39, 0.29) is 6.04 Å². The van der Waals surface area contributed by atoms with Crippen molar-refractivity contribution < 1.29 is 4.43 Å². The Labute approximate surface area is 150 Å². The number of fused-ring (bicyclic) bond motifs is 1. The first-order valence-corrected chi connectivity index (χ1v) is 12.0. The molecule has 0 radical (unpaired) electrons. The molecule has 25 heavy (non-hydrogen) atoms. The molecule has 3 rings (SSSR count). The van der Waals surface area contributed by atoms with E-state index in [1.165, 1.54) is 0 Å². The standard InChI is InChI=1S/C20H25N3OSi/c1-14(16-10-6-9-13-19(16)24-25(3,4)5)21-15(2)20-22-17-11-7-8-12-18(17)23-20/h6-14H,1-5H3,(H,22,23). The third kappa shape index (κ3) is 4.17. The van der Waals surface area contributed by atoms with Gasteiger partial charge in [-0.3, -0.25) is 4.99 Å². The maximum absolute atomic E-state index is 6.24. The van der Waals surface area contributed by atoms with Crippen molar-refractivity contribution in [3.63, 3.8) is 0 Å². The van der Waals surface area contributed by atoms with E-state index in [2.05, 4.69) is 42.6 Å². The number of aromatic nitrogens is 2. The molecule has 1 atom stereocenters. The maximum atomic E-state index is 6.24. The summed E-state index contributed by atoms with van der Waals surface area (Å²) in [4.78, 5) is 12.8. The minimum absolute atomic E-state index is 0.000706. The molecular weight excluding hydrogens is 326 g/mol. The highest BCUT2D eigenvalue weighted by molar-refractivity contribution is 6.70. The van der Waals surface area contributed by atoms with Crippen LogP contribution in [0.5, 0.6) is 5.75 Å². The topological polar surface area (TPSA) is 50.3 Å². The summed E-state index contributed by atoms with van der Waals surface area (Å²) in [5, 5.41) is 0. The van der Waals surface area contributed by atoms with Crippen molar-refractivity contribution >= 4 is 25.1 Å². The van der Waals surface area contributed by atoms with Crippen LogP contribution in [-0.2, 0) is 0 Å². The number of nitrogens with one attached hydrogen (secondary N) is 1. The molecule has 130 valence electrons. The summed E-state index contributed by atoms with van der Waals surface area (Å²) >= 11 is 0. The van der Waals surface area contributed by atoms with E-state index >= 15 is 0 Å². The van der Waals surface area contributed by atoms with E-state index in [0.717, 1.165) is 33.9 Å². The fourth-order valence-corrected chi connectivity index (χ4v) is 3.64. The minimum atomic E-state index is -1.67. The molecule has 0 aliphatic rings. The van der Waals surface area contributed by atoms with Crippen molar-refractivity contribution in [1.82, 2.24) is 9.97 Å². The predicted octanol–water partition coefficient (Wildman–Crippen LogP) is 5.35. The van der Waals surface area contributed by atoms with Gasteiger partial charge in [-0.2, -0.15) is 0 Å². The first kappa shape index (κ1) is 17.4.